The standard InChI is InChI=1S/C17H24N6O3S/c1-22-4-5-23(9-12(22)7-18-11-24)10-14-13(17(25)26-2)8-20-15(21-14)16-19-3-6-27-16/h3,6,11-12H,4-5,7-10H2,1-2H3,(H,18,24)(H,20,21). The average molecular weight is 392 g/mol. The number of aromatic nitrogens is 1. The maximum Gasteiger partial charge on any atom is 0.337 e. The number of piperazine rings is 1. The van der Waals surface area contributed by atoms with Crippen molar-refractivity contribution in [3.8, 4) is 0 Å². The second kappa shape index (κ2) is 9.07. The molecule has 146 valence electrons. The molecular weight excluding hydrogens is 368 g/mol. The molecule has 0 radical (unpaired) electrons. The Balaban J connectivity index is 1.73. The molecule has 2 N–H and O–H groups in total. The molecule has 2 aliphatic rings. The molecule has 1 saturated heterocycles. The van der Waals surface area contributed by atoms with E-state index in [2.05, 4.69) is 37.5 Å². The predicted molar refractivity (Wildman–Crippen MR) is 103 cm³/mol. The number of rotatable bonds is 7. The number of hydrogen-bond donors (Lipinski definition) is 2. The second-order valence-corrected chi connectivity index (χ2v) is 7.37. The molecule has 1 fully saturated rings. The second-order valence-electron chi connectivity index (χ2n) is 6.47. The van der Waals surface area contributed by atoms with Gasteiger partial charge in [-0.2, -0.15) is 0 Å². The van der Waals surface area contributed by atoms with Crippen LogP contribution >= 0.6 is 11.3 Å². The summed E-state index contributed by atoms with van der Waals surface area (Å²) in [6.45, 7) is 4.00. The van der Waals surface area contributed by atoms with E-state index in [9.17, 15) is 9.59 Å². The van der Waals surface area contributed by atoms with Crippen LogP contribution in [-0.2, 0) is 14.3 Å². The molecular formula is C17H24N6O3S. The summed E-state index contributed by atoms with van der Waals surface area (Å²) in [5.41, 5.74) is 1.34. The molecule has 1 atom stereocenters. The number of carbonyl (C=O) groups excluding carboxylic acids is 2. The lowest BCUT2D eigenvalue weighted by Gasteiger charge is -2.40. The van der Waals surface area contributed by atoms with E-state index in [4.69, 9.17) is 4.74 Å². The first-order valence-corrected chi connectivity index (χ1v) is 9.61. The zero-order valence-corrected chi connectivity index (χ0v) is 16.3. The van der Waals surface area contributed by atoms with Crippen LogP contribution in [0.25, 0.3) is 0 Å². The van der Waals surface area contributed by atoms with Crippen molar-refractivity contribution in [1.82, 2.24) is 25.4 Å². The van der Waals surface area contributed by atoms with Crippen LogP contribution in [0.3, 0.4) is 0 Å². The SMILES string of the molecule is COC(=O)C1=C(CN2CCN(C)C(CNC=O)C2)NC(c2nccs2)=NC1. The van der Waals surface area contributed by atoms with Crippen LogP contribution in [0, 0.1) is 0 Å². The molecule has 1 unspecified atom stereocenters. The molecule has 0 aliphatic carbocycles. The number of amidine groups is 1. The third kappa shape index (κ3) is 4.71. The van der Waals surface area contributed by atoms with Gasteiger partial charge in [-0.3, -0.25) is 19.6 Å². The highest BCUT2D eigenvalue weighted by molar-refractivity contribution is 7.11. The maximum absolute atomic E-state index is 12.2. The van der Waals surface area contributed by atoms with Gasteiger partial charge in [-0.25, -0.2) is 9.78 Å². The van der Waals surface area contributed by atoms with Crippen molar-refractivity contribution < 1.29 is 14.3 Å². The van der Waals surface area contributed by atoms with Crippen molar-refractivity contribution in [3.63, 3.8) is 0 Å². The van der Waals surface area contributed by atoms with Crippen molar-refractivity contribution in [1.29, 1.82) is 0 Å². The summed E-state index contributed by atoms with van der Waals surface area (Å²) in [4.78, 5) is 36.1. The van der Waals surface area contributed by atoms with Gasteiger partial charge in [0.2, 0.25) is 6.41 Å². The van der Waals surface area contributed by atoms with Crippen molar-refractivity contribution in [2.45, 2.75) is 6.04 Å². The van der Waals surface area contributed by atoms with Crippen molar-refractivity contribution in [3.05, 3.63) is 27.9 Å². The highest BCUT2D eigenvalue weighted by atomic mass is 32.1. The number of hydrogen-bond acceptors (Lipinski definition) is 9. The Morgan fingerprint density at radius 3 is 3.07 bits per heavy atom. The number of carbonyl (C=O) groups is 2. The van der Waals surface area contributed by atoms with Gasteiger partial charge in [0.1, 0.15) is 0 Å². The molecule has 1 aromatic heterocycles. The molecule has 27 heavy (non-hydrogen) atoms. The van der Waals surface area contributed by atoms with Crippen LogP contribution in [0.5, 0.6) is 0 Å². The number of thiazole rings is 1. The Morgan fingerprint density at radius 2 is 2.37 bits per heavy atom. The lowest BCUT2D eigenvalue weighted by molar-refractivity contribution is -0.136. The summed E-state index contributed by atoms with van der Waals surface area (Å²) in [5, 5.41) is 8.73. The van der Waals surface area contributed by atoms with Crippen molar-refractivity contribution in [2.24, 2.45) is 4.99 Å². The normalized spacial score (nSPS) is 21.4. The Labute approximate surface area is 162 Å². The highest BCUT2D eigenvalue weighted by Crippen LogP contribution is 2.17. The lowest BCUT2D eigenvalue weighted by atomic mass is 10.1. The van der Waals surface area contributed by atoms with Crippen LogP contribution in [0.4, 0.5) is 0 Å². The van der Waals surface area contributed by atoms with Gasteiger partial charge in [0.15, 0.2) is 10.8 Å². The molecule has 2 aliphatic heterocycles. The van der Waals surface area contributed by atoms with Crippen LogP contribution in [0.1, 0.15) is 5.01 Å². The first kappa shape index (κ1) is 19.5. The fourth-order valence-electron chi connectivity index (χ4n) is 3.20. The minimum atomic E-state index is -0.368. The number of nitrogens with zero attached hydrogens (tertiary/aromatic N) is 4. The minimum absolute atomic E-state index is 0.224. The molecule has 3 rings (SSSR count). The largest absolute Gasteiger partial charge is 0.466 e. The van der Waals surface area contributed by atoms with E-state index in [0.717, 1.165) is 36.7 Å². The molecule has 1 amide bonds. The van der Waals surface area contributed by atoms with E-state index in [-0.39, 0.29) is 18.6 Å². The van der Waals surface area contributed by atoms with Crippen LogP contribution in [0.2, 0.25) is 0 Å². The first-order valence-electron chi connectivity index (χ1n) is 8.73. The summed E-state index contributed by atoms with van der Waals surface area (Å²) < 4.78 is 4.93. The summed E-state index contributed by atoms with van der Waals surface area (Å²) in [7, 11) is 3.43. The third-order valence-corrected chi connectivity index (χ3v) is 5.56. The summed E-state index contributed by atoms with van der Waals surface area (Å²) in [6.07, 6.45) is 2.46. The van der Waals surface area contributed by atoms with Gasteiger partial charge < -0.3 is 15.4 Å². The maximum atomic E-state index is 12.2. The molecule has 0 saturated carbocycles. The Kier molecular flexibility index (Phi) is 6.54. The zero-order valence-electron chi connectivity index (χ0n) is 15.5. The van der Waals surface area contributed by atoms with E-state index < -0.39 is 0 Å². The van der Waals surface area contributed by atoms with Gasteiger partial charge in [-0.05, 0) is 7.05 Å². The minimum Gasteiger partial charge on any atom is -0.466 e. The van der Waals surface area contributed by atoms with Gasteiger partial charge >= 0.3 is 5.97 Å². The van der Waals surface area contributed by atoms with E-state index in [0.29, 0.717) is 24.5 Å². The molecule has 3 heterocycles. The third-order valence-electron chi connectivity index (χ3n) is 4.78. The molecule has 0 spiro atoms. The van der Waals surface area contributed by atoms with Gasteiger partial charge in [-0.15, -0.1) is 11.3 Å². The number of nitrogens with one attached hydrogen (secondary N) is 2. The quantitative estimate of drug-likeness (QED) is 0.467. The van der Waals surface area contributed by atoms with Crippen molar-refractivity contribution in [2.75, 3.05) is 53.4 Å². The summed E-state index contributed by atoms with van der Waals surface area (Å²) >= 11 is 1.50. The first-order chi connectivity index (χ1) is 13.1. The topological polar surface area (TPSA) is 99.2 Å². The van der Waals surface area contributed by atoms with Gasteiger partial charge in [-0.1, -0.05) is 0 Å². The lowest BCUT2D eigenvalue weighted by Crippen LogP contribution is -2.55. The van der Waals surface area contributed by atoms with Gasteiger partial charge in [0, 0.05) is 56.0 Å². The number of likely N-dealkylation sites (N-methyl/N-ethyl adjacent to an activating group) is 1. The predicted octanol–water partition coefficient (Wildman–Crippen LogP) is -0.718. The van der Waals surface area contributed by atoms with Crippen LogP contribution in [0.15, 0.2) is 27.8 Å². The van der Waals surface area contributed by atoms with E-state index in [1.54, 1.807) is 6.20 Å². The molecule has 10 heteroatoms. The zero-order chi connectivity index (χ0) is 19.2. The van der Waals surface area contributed by atoms with E-state index in [1.807, 2.05) is 5.38 Å². The fourth-order valence-corrected chi connectivity index (χ4v) is 3.80. The number of ether oxygens (including phenoxy) is 1. The number of esters is 1. The van der Waals surface area contributed by atoms with Crippen LogP contribution < -0.4 is 10.6 Å². The summed E-state index contributed by atoms with van der Waals surface area (Å²) in [5.74, 6) is 0.314. The number of aliphatic imine (C=N–C) groups is 1. The summed E-state index contributed by atoms with van der Waals surface area (Å²) in [6, 6.07) is 0.224. The number of methoxy groups -OCH3 is 1. The molecule has 0 bridgehead atoms. The van der Waals surface area contributed by atoms with E-state index in [1.165, 1.54) is 18.4 Å². The smallest absolute Gasteiger partial charge is 0.337 e. The molecule has 9 nitrogen and oxygen atoms in total. The Bertz CT molecular complexity index is 733. The van der Waals surface area contributed by atoms with Gasteiger partial charge in [0.05, 0.1) is 19.2 Å². The Morgan fingerprint density at radius 1 is 1.52 bits per heavy atom. The molecule has 1 aromatic rings. The fraction of sp³-hybridized carbons (Fsp3) is 0.529. The highest BCUT2D eigenvalue weighted by Gasteiger charge is 2.28. The van der Waals surface area contributed by atoms with Gasteiger partial charge in [0.25, 0.3) is 0 Å². The monoisotopic (exact) mass is 392 g/mol. The molecule has 0 aromatic carbocycles. The van der Waals surface area contributed by atoms with Crippen LogP contribution in [-0.4, -0.2) is 92.5 Å². The van der Waals surface area contributed by atoms with E-state index >= 15 is 0 Å². The number of amides is 1. The van der Waals surface area contributed by atoms with Crippen molar-refractivity contribution >= 4 is 29.6 Å². The Hall–Kier alpha value is -2.30. The average Bonchev–Trinajstić information content (AvgIpc) is 3.22.